The highest BCUT2D eigenvalue weighted by molar-refractivity contribution is 9.11. The first-order valence-electron chi connectivity index (χ1n) is 5.90. The number of anilines is 1. The Balaban J connectivity index is 2.13. The fourth-order valence-corrected chi connectivity index (χ4v) is 3.11. The number of hydrogen-bond acceptors (Lipinski definition) is 3. The van der Waals surface area contributed by atoms with Gasteiger partial charge in [-0.1, -0.05) is 24.3 Å². The van der Waals surface area contributed by atoms with E-state index in [2.05, 4.69) is 66.0 Å². The molecular formula is C14H15Br2N3. The van der Waals surface area contributed by atoms with Crippen LogP contribution < -0.4 is 10.6 Å². The van der Waals surface area contributed by atoms with Gasteiger partial charge >= 0.3 is 0 Å². The standard InChI is InChI=1S/C14H15Br2N3/c1-19(14-13(16)6-12(15)8-18-14)9-11-4-2-10(7-17)3-5-11/h2-6,8H,7,9,17H2,1H3. The molecule has 0 amide bonds. The monoisotopic (exact) mass is 383 g/mol. The Labute approximate surface area is 130 Å². The van der Waals surface area contributed by atoms with Gasteiger partial charge in [0.25, 0.3) is 0 Å². The number of rotatable bonds is 4. The summed E-state index contributed by atoms with van der Waals surface area (Å²) < 4.78 is 1.94. The van der Waals surface area contributed by atoms with E-state index in [-0.39, 0.29) is 0 Å². The third-order valence-electron chi connectivity index (χ3n) is 2.83. The van der Waals surface area contributed by atoms with E-state index < -0.39 is 0 Å². The van der Waals surface area contributed by atoms with Crippen molar-refractivity contribution in [3.05, 3.63) is 56.6 Å². The molecule has 1 aromatic carbocycles. The second kappa shape index (κ2) is 6.50. The molecule has 0 aliphatic heterocycles. The van der Waals surface area contributed by atoms with Gasteiger partial charge in [0.2, 0.25) is 0 Å². The molecule has 1 aromatic heterocycles. The van der Waals surface area contributed by atoms with Gasteiger partial charge in [-0.15, -0.1) is 0 Å². The van der Waals surface area contributed by atoms with Crippen LogP contribution in [-0.2, 0) is 13.1 Å². The topological polar surface area (TPSA) is 42.1 Å². The second-order valence-electron chi connectivity index (χ2n) is 4.34. The van der Waals surface area contributed by atoms with E-state index >= 15 is 0 Å². The van der Waals surface area contributed by atoms with Crippen molar-refractivity contribution in [2.45, 2.75) is 13.1 Å². The van der Waals surface area contributed by atoms with E-state index in [1.165, 1.54) is 5.56 Å². The highest BCUT2D eigenvalue weighted by Gasteiger charge is 2.08. The van der Waals surface area contributed by atoms with E-state index in [4.69, 9.17) is 5.73 Å². The molecule has 3 nitrogen and oxygen atoms in total. The molecule has 0 radical (unpaired) electrons. The van der Waals surface area contributed by atoms with Gasteiger partial charge in [-0.05, 0) is 49.1 Å². The van der Waals surface area contributed by atoms with Crippen LogP contribution in [0, 0.1) is 0 Å². The molecule has 0 saturated heterocycles. The molecule has 0 saturated carbocycles. The number of hydrogen-bond donors (Lipinski definition) is 1. The first kappa shape index (κ1) is 14.5. The van der Waals surface area contributed by atoms with Crippen LogP contribution in [0.1, 0.15) is 11.1 Å². The zero-order valence-electron chi connectivity index (χ0n) is 10.6. The Morgan fingerprint density at radius 2 is 1.79 bits per heavy atom. The highest BCUT2D eigenvalue weighted by atomic mass is 79.9. The van der Waals surface area contributed by atoms with Gasteiger partial charge in [0.05, 0.1) is 4.47 Å². The summed E-state index contributed by atoms with van der Waals surface area (Å²) in [5, 5.41) is 0. The number of aromatic nitrogens is 1. The fraction of sp³-hybridized carbons (Fsp3) is 0.214. The number of halogens is 2. The van der Waals surface area contributed by atoms with Crippen molar-refractivity contribution in [3.63, 3.8) is 0 Å². The highest BCUT2D eigenvalue weighted by Crippen LogP contribution is 2.26. The molecule has 0 bridgehead atoms. The molecule has 2 N–H and O–H groups in total. The van der Waals surface area contributed by atoms with Crippen molar-refractivity contribution in [2.24, 2.45) is 5.73 Å². The van der Waals surface area contributed by atoms with Gasteiger partial charge < -0.3 is 10.6 Å². The lowest BCUT2D eigenvalue weighted by Crippen LogP contribution is -2.18. The van der Waals surface area contributed by atoms with Crippen LogP contribution in [0.15, 0.2) is 45.5 Å². The van der Waals surface area contributed by atoms with Crippen LogP contribution in [0.2, 0.25) is 0 Å². The van der Waals surface area contributed by atoms with Crippen LogP contribution in [-0.4, -0.2) is 12.0 Å². The Hall–Kier alpha value is -0.910. The summed E-state index contributed by atoms with van der Waals surface area (Å²) in [4.78, 5) is 6.52. The number of nitrogens with zero attached hydrogens (tertiary/aromatic N) is 2. The molecule has 0 aliphatic rings. The summed E-state index contributed by atoms with van der Waals surface area (Å²) in [7, 11) is 2.03. The summed E-state index contributed by atoms with van der Waals surface area (Å²) in [5.74, 6) is 0.922. The summed E-state index contributed by atoms with van der Waals surface area (Å²) in [6, 6.07) is 10.3. The molecule has 0 fully saturated rings. The molecule has 19 heavy (non-hydrogen) atoms. The molecule has 5 heteroatoms. The predicted molar refractivity (Wildman–Crippen MR) is 86.1 cm³/mol. The van der Waals surface area contributed by atoms with E-state index in [9.17, 15) is 0 Å². The quantitative estimate of drug-likeness (QED) is 0.873. The maximum Gasteiger partial charge on any atom is 0.142 e. The summed E-state index contributed by atoms with van der Waals surface area (Å²) >= 11 is 6.94. The van der Waals surface area contributed by atoms with Gasteiger partial charge in [-0.3, -0.25) is 0 Å². The van der Waals surface area contributed by atoms with E-state index in [1.807, 2.05) is 13.1 Å². The van der Waals surface area contributed by atoms with Gasteiger partial charge in [0, 0.05) is 30.8 Å². The van der Waals surface area contributed by atoms with Crippen LogP contribution >= 0.6 is 31.9 Å². The lowest BCUT2D eigenvalue weighted by atomic mass is 10.1. The molecule has 0 atom stereocenters. The largest absolute Gasteiger partial charge is 0.354 e. The Bertz CT molecular complexity index is 555. The average Bonchev–Trinajstić information content (AvgIpc) is 2.39. The van der Waals surface area contributed by atoms with Gasteiger partial charge in [-0.25, -0.2) is 4.98 Å². The van der Waals surface area contributed by atoms with Crippen molar-refractivity contribution in [1.29, 1.82) is 0 Å². The van der Waals surface area contributed by atoms with E-state index in [1.54, 1.807) is 6.20 Å². The van der Waals surface area contributed by atoms with Crippen molar-refractivity contribution < 1.29 is 0 Å². The minimum absolute atomic E-state index is 0.579. The minimum Gasteiger partial charge on any atom is -0.354 e. The van der Waals surface area contributed by atoms with Crippen molar-refractivity contribution in [2.75, 3.05) is 11.9 Å². The Morgan fingerprint density at radius 1 is 1.16 bits per heavy atom. The molecule has 2 rings (SSSR count). The lowest BCUT2D eigenvalue weighted by molar-refractivity contribution is 0.891. The van der Waals surface area contributed by atoms with E-state index in [0.717, 1.165) is 26.9 Å². The Kier molecular flexibility index (Phi) is 4.96. The van der Waals surface area contributed by atoms with Crippen LogP contribution in [0.4, 0.5) is 5.82 Å². The molecule has 0 aliphatic carbocycles. The molecular weight excluding hydrogens is 370 g/mol. The summed E-state index contributed by atoms with van der Waals surface area (Å²) in [6.07, 6.45) is 1.80. The third-order valence-corrected chi connectivity index (χ3v) is 3.85. The summed E-state index contributed by atoms with van der Waals surface area (Å²) in [5.41, 5.74) is 7.98. The molecule has 1 heterocycles. The number of benzene rings is 1. The molecule has 0 spiro atoms. The molecule has 100 valence electrons. The maximum atomic E-state index is 5.60. The van der Waals surface area contributed by atoms with Crippen molar-refractivity contribution in [1.82, 2.24) is 4.98 Å². The van der Waals surface area contributed by atoms with Crippen LogP contribution in [0.5, 0.6) is 0 Å². The van der Waals surface area contributed by atoms with Gasteiger partial charge in [0.15, 0.2) is 0 Å². The first-order valence-corrected chi connectivity index (χ1v) is 7.49. The Morgan fingerprint density at radius 3 is 2.37 bits per heavy atom. The minimum atomic E-state index is 0.579. The fourth-order valence-electron chi connectivity index (χ4n) is 1.82. The SMILES string of the molecule is CN(Cc1ccc(CN)cc1)c1ncc(Br)cc1Br. The smallest absolute Gasteiger partial charge is 0.142 e. The third kappa shape index (κ3) is 3.78. The van der Waals surface area contributed by atoms with Crippen molar-refractivity contribution in [3.8, 4) is 0 Å². The molecule has 2 aromatic rings. The van der Waals surface area contributed by atoms with Gasteiger partial charge in [-0.2, -0.15) is 0 Å². The average molecular weight is 385 g/mol. The zero-order valence-corrected chi connectivity index (χ0v) is 13.8. The van der Waals surface area contributed by atoms with Gasteiger partial charge in [0.1, 0.15) is 5.82 Å². The number of pyridine rings is 1. The molecule has 0 unspecified atom stereocenters. The predicted octanol–water partition coefficient (Wildman–Crippen LogP) is 3.70. The maximum absolute atomic E-state index is 5.60. The van der Waals surface area contributed by atoms with Crippen LogP contribution in [0.3, 0.4) is 0 Å². The van der Waals surface area contributed by atoms with Crippen LogP contribution in [0.25, 0.3) is 0 Å². The second-order valence-corrected chi connectivity index (χ2v) is 6.11. The van der Waals surface area contributed by atoms with E-state index in [0.29, 0.717) is 6.54 Å². The zero-order chi connectivity index (χ0) is 13.8. The summed E-state index contributed by atoms with van der Waals surface area (Å²) in [6.45, 7) is 1.38. The first-order chi connectivity index (χ1) is 9.10. The normalized spacial score (nSPS) is 10.5. The number of nitrogens with two attached hydrogens (primary N) is 1. The lowest BCUT2D eigenvalue weighted by Gasteiger charge is -2.19. The van der Waals surface area contributed by atoms with Crippen molar-refractivity contribution >= 4 is 37.7 Å².